The summed E-state index contributed by atoms with van der Waals surface area (Å²) in [6.07, 6.45) is 1.37. The van der Waals surface area contributed by atoms with Gasteiger partial charge in [-0.15, -0.1) is 0 Å². The summed E-state index contributed by atoms with van der Waals surface area (Å²) in [5.41, 5.74) is 0. The van der Waals surface area contributed by atoms with Crippen molar-refractivity contribution in [3.05, 3.63) is 0 Å². The Bertz CT molecular complexity index is 99.1. The molecule has 0 spiro atoms. The minimum atomic E-state index is -0.350. The van der Waals surface area contributed by atoms with Gasteiger partial charge in [-0.2, -0.15) is 0 Å². The molecule has 2 nitrogen and oxygen atoms in total. The highest BCUT2D eigenvalue weighted by molar-refractivity contribution is 4.64. The largest absolute Gasteiger partial charge is 0.350 e. The minimum Gasteiger partial charge on any atom is -0.350 e. The molecular formula is C7H14O2. The molecule has 1 heterocycles. The lowest BCUT2D eigenvalue weighted by molar-refractivity contribution is -0.268. The first-order valence-electron chi connectivity index (χ1n) is 3.42. The molecule has 0 aliphatic carbocycles. The van der Waals surface area contributed by atoms with E-state index in [0.29, 0.717) is 6.10 Å². The van der Waals surface area contributed by atoms with Crippen LogP contribution in [0.25, 0.3) is 0 Å². The van der Waals surface area contributed by atoms with Gasteiger partial charge < -0.3 is 9.47 Å². The van der Waals surface area contributed by atoms with Crippen molar-refractivity contribution in [2.75, 3.05) is 6.61 Å². The number of ether oxygens (including phenoxy) is 2. The lowest BCUT2D eigenvalue weighted by Crippen LogP contribution is -2.38. The fourth-order valence-corrected chi connectivity index (χ4v) is 1.05. The van der Waals surface area contributed by atoms with Crippen LogP contribution < -0.4 is 0 Å². The van der Waals surface area contributed by atoms with E-state index >= 15 is 0 Å². The summed E-state index contributed by atoms with van der Waals surface area (Å²) < 4.78 is 10.8. The molecule has 2 heteroatoms. The summed E-state index contributed by atoms with van der Waals surface area (Å²) >= 11 is 0. The van der Waals surface area contributed by atoms with Crippen LogP contribution in [0.15, 0.2) is 0 Å². The second kappa shape index (κ2) is 2.27. The van der Waals surface area contributed by atoms with Gasteiger partial charge in [0.1, 0.15) is 0 Å². The third-order valence-corrected chi connectivity index (χ3v) is 1.46. The normalized spacial score (nSPS) is 34.3. The van der Waals surface area contributed by atoms with Crippen LogP contribution in [-0.4, -0.2) is 18.5 Å². The summed E-state index contributed by atoms with van der Waals surface area (Å²) in [5, 5.41) is 0. The Morgan fingerprint density at radius 2 is 2.11 bits per heavy atom. The molecule has 1 aliphatic rings. The van der Waals surface area contributed by atoms with Gasteiger partial charge in [-0.05, 0) is 27.2 Å². The zero-order valence-corrected chi connectivity index (χ0v) is 6.31. The van der Waals surface area contributed by atoms with Crippen LogP contribution in [-0.2, 0) is 9.47 Å². The second-order valence-corrected chi connectivity index (χ2v) is 2.97. The Kier molecular flexibility index (Phi) is 1.78. The van der Waals surface area contributed by atoms with E-state index in [1.165, 1.54) is 0 Å². The molecule has 0 saturated carbocycles. The molecule has 9 heavy (non-hydrogen) atoms. The molecule has 0 N–H and O–H groups in total. The number of hydrogen-bond acceptors (Lipinski definition) is 2. The predicted octanol–water partition coefficient (Wildman–Crippen LogP) is 1.55. The molecule has 1 aliphatic heterocycles. The van der Waals surface area contributed by atoms with Crippen LogP contribution in [0.2, 0.25) is 0 Å². The maximum atomic E-state index is 5.45. The quantitative estimate of drug-likeness (QED) is 0.495. The first-order chi connectivity index (χ1) is 4.10. The zero-order chi connectivity index (χ0) is 6.91. The van der Waals surface area contributed by atoms with Crippen molar-refractivity contribution in [1.29, 1.82) is 0 Å². The summed E-state index contributed by atoms with van der Waals surface area (Å²) in [6.45, 7) is 6.80. The van der Waals surface area contributed by atoms with E-state index in [9.17, 15) is 0 Å². The molecule has 1 rings (SSSR count). The van der Waals surface area contributed by atoms with E-state index in [-0.39, 0.29) is 5.79 Å². The maximum absolute atomic E-state index is 5.45. The Balaban J connectivity index is 2.41. The van der Waals surface area contributed by atoms with E-state index in [4.69, 9.17) is 9.47 Å². The lowest BCUT2D eigenvalue weighted by Gasteiger charge is -2.34. The molecule has 0 radical (unpaired) electrons. The molecule has 54 valence electrons. The highest BCUT2D eigenvalue weighted by Gasteiger charge is 2.26. The predicted molar refractivity (Wildman–Crippen MR) is 35.2 cm³/mol. The third-order valence-electron chi connectivity index (χ3n) is 1.46. The molecule has 1 fully saturated rings. The Labute approximate surface area is 56.2 Å². The van der Waals surface area contributed by atoms with Crippen molar-refractivity contribution < 1.29 is 9.47 Å². The maximum Gasteiger partial charge on any atom is 0.163 e. The van der Waals surface area contributed by atoms with Gasteiger partial charge in [0.05, 0.1) is 12.7 Å². The summed E-state index contributed by atoms with van der Waals surface area (Å²) in [6, 6.07) is 0. The van der Waals surface area contributed by atoms with Crippen LogP contribution in [0.1, 0.15) is 27.2 Å². The molecule has 1 atom stereocenters. The van der Waals surface area contributed by atoms with Crippen LogP contribution in [0.5, 0.6) is 0 Å². The molecule has 0 amide bonds. The molecule has 1 unspecified atom stereocenters. The van der Waals surface area contributed by atoms with Gasteiger partial charge in [0.15, 0.2) is 5.79 Å². The Morgan fingerprint density at radius 1 is 1.44 bits per heavy atom. The second-order valence-electron chi connectivity index (χ2n) is 2.97. The van der Waals surface area contributed by atoms with Crippen molar-refractivity contribution in [1.82, 2.24) is 0 Å². The van der Waals surface area contributed by atoms with Crippen LogP contribution in [0, 0.1) is 0 Å². The highest BCUT2D eigenvalue weighted by atomic mass is 16.7. The van der Waals surface area contributed by atoms with E-state index in [2.05, 4.69) is 6.92 Å². The summed E-state index contributed by atoms with van der Waals surface area (Å²) in [7, 11) is 0. The molecule has 1 saturated heterocycles. The van der Waals surface area contributed by atoms with Gasteiger partial charge in [-0.3, -0.25) is 0 Å². The molecule has 0 aromatic carbocycles. The zero-order valence-electron chi connectivity index (χ0n) is 6.31. The van der Waals surface area contributed by atoms with Gasteiger partial charge in [0, 0.05) is 0 Å². The average molecular weight is 130 g/mol. The van der Waals surface area contributed by atoms with E-state index in [1.54, 1.807) is 0 Å². The van der Waals surface area contributed by atoms with Crippen LogP contribution in [0.4, 0.5) is 0 Å². The standard InChI is InChI=1S/C7H14O2/c1-6-4-5-8-7(2,3)9-6/h6H,4-5H2,1-3H3. The van der Waals surface area contributed by atoms with Crippen LogP contribution >= 0.6 is 0 Å². The van der Waals surface area contributed by atoms with Crippen molar-refractivity contribution >= 4 is 0 Å². The van der Waals surface area contributed by atoms with Gasteiger partial charge in [0.2, 0.25) is 0 Å². The SMILES string of the molecule is CC1CCOC(C)(C)O1. The smallest absolute Gasteiger partial charge is 0.163 e. The minimum absolute atomic E-state index is 0.350. The lowest BCUT2D eigenvalue weighted by atomic mass is 10.2. The third kappa shape index (κ3) is 1.95. The van der Waals surface area contributed by atoms with Crippen molar-refractivity contribution in [3.8, 4) is 0 Å². The van der Waals surface area contributed by atoms with Gasteiger partial charge in [-0.25, -0.2) is 0 Å². The van der Waals surface area contributed by atoms with Gasteiger partial charge in [0.25, 0.3) is 0 Å². The number of rotatable bonds is 0. The Hall–Kier alpha value is -0.0800. The molecule has 0 aromatic heterocycles. The van der Waals surface area contributed by atoms with E-state index in [1.807, 2.05) is 13.8 Å². The Morgan fingerprint density at radius 3 is 2.44 bits per heavy atom. The molecule has 0 bridgehead atoms. The molecular weight excluding hydrogens is 116 g/mol. The fraction of sp³-hybridized carbons (Fsp3) is 1.00. The highest BCUT2D eigenvalue weighted by Crippen LogP contribution is 2.20. The number of hydrogen-bond donors (Lipinski definition) is 0. The van der Waals surface area contributed by atoms with E-state index in [0.717, 1.165) is 13.0 Å². The van der Waals surface area contributed by atoms with Gasteiger partial charge in [-0.1, -0.05) is 0 Å². The van der Waals surface area contributed by atoms with Crippen molar-refractivity contribution in [2.24, 2.45) is 0 Å². The van der Waals surface area contributed by atoms with Crippen molar-refractivity contribution in [2.45, 2.75) is 39.1 Å². The first kappa shape index (κ1) is 7.03. The van der Waals surface area contributed by atoms with Gasteiger partial charge >= 0.3 is 0 Å². The van der Waals surface area contributed by atoms with Crippen LogP contribution in [0.3, 0.4) is 0 Å². The summed E-state index contributed by atoms with van der Waals surface area (Å²) in [5.74, 6) is -0.350. The first-order valence-corrected chi connectivity index (χ1v) is 3.42. The summed E-state index contributed by atoms with van der Waals surface area (Å²) in [4.78, 5) is 0. The monoisotopic (exact) mass is 130 g/mol. The van der Waals surface area contributed by atoms with Crippen molar-refractivity contribution in [3.63, 3.8) is 0 Å². The fourth-order valence-electron chi connectivity index (χ4n) is 1.05. The van der Waals surface area contributed by atoms with E-state index < -0.39 is 0 Å². The molecule has 0 aromatic rings. The topological polar surface area (TPSA) is 18.5 Å². The average Bonchev–Trinajstić information content (AvgIpc) is 1.60.